The van der Waals surface area contributed by atoms with Crippen molar-refractivity contribution in [2.75, 3.05) is 31.1 Å². The van der Waals surface area contributed by atoms with Crippen LogP contribution in [0.2, 0.25) is 5.02 Å². The minimum Gasteiger partial charge on any atom is -0.444 e. The molecular formula is C26H31ClN2O2. The maximum absolute atomic E-state index is 13.1. The van der Waals surface area contributed by atoms with E-state index < -0.39 is 0 Å². The summed E-state index contributed by atoms with van der Waals surface area (Å²) in [5.74, 6) is 0. The number of piperidine rings is 1. The second-order valence-electron chi connectivity index (χ2n) is 9.12. The maximum Gasteiger partial charge on any atom is 0.414 e. The molecule has 1 saturated heterocycles. The van der Waals surface area contributed by atoms with Gasteiger partial charge in [-0.3, -0.25) is 9.80 Å². The first-order valence-electron chi connectivity index (χ1n) is 11.0. The van der Waals surface area contributed by atoms with E-state index in [0.717, 1.165) is 43.7 Å². The highest BCUT2D eigenvalue weighted by Crippen LogP contribution is 2.47. The van der Waals surface area contributed by atoms with Gasteiger partial charge in [-0.2, -0.15) is 0 Å². The van der Waals surface area contributed by atoms with Gasteiger partial charge in [0.1, 0.15) is 6.61 Å². The van der Waals surface area contributed by atoms with Crippen molar-refractivity contribution in [2.24, 2.45) is 0 Å². The lowest BCUT2D eigenvalue weighted by Crippen LogP contribution is -2.46. The fourth-order valence-corrected chi connectivity index (χ4v) is 4.87. The van der Waals surface area contributed by atoms with Crippen molar-refractivity contribution in [3.8, 4) is 0 Å². The molecule has 1 fully saturated rings. The zero-order chi connectivity index (χ0) is 22.0. The molecule has 0 aromatic heterocycles. The standard InChI is InChI=1S/C26H31ClN2O2/c1-19(2)10-13-28-14-11-26(12-15-28)18-29(24-9-8-20(3)16-22(24)26)25(30)31-17-21-6-4-5-7-23(21)27/h4-10,16H,11-15,17-18H2,1-3H3. The van der Waals surface area contributed by atoms with Crippen molar-refractivity contribution < 1.29 is 9.53 Å². The van der Waals surface area contributed by atoms with Crippen molar-refractivity contribution in [2.45, 2.75) is 45.6 Å². The number of hydrogen-bond donors (Lipinski definition) is 0. The number of halogens is 1. The highest BCUT2D eigenvalue weighted by atomic mass is 35.5. The number of rotatable bonds is 4. The van der Waals surface area contributed by atoms with E-state index in [9.17, 15) is 4.79 Å². The first-order chi connectivity index (χ1) is 14.9. The van der Waals surface area contributed by atoms with E-state index in [1.165, 1.54) is 16.7 Å². The van der Waals surface area contributed by atoms with Gasteiger partial charge in [0.2, 0.25) is 0 Å². The van der Waals surface area contributed by atoms with Crippen LogP contribution in [-0.4, -0.2) is 37.2 Å². The number of fused-ring (bicyclic) bond motifs is 2. The highest BCUT2D eigenvalue weighted by Gasteiger charge is 2.46. The fraction of sp³-hybridized carbons (Fsp3) is 0.423. The topological polar surface area (TPSA) is 32.8 Å². The van der Waals surface area contributed by atoms with E-state index in [4.69, 9.17) is 16.3 Å². The Kier molecular flexibility index (Phi) is 6.40. The number of anilines is 1. The zero-order valence-corrected chi connectivity index (χ0v) is 19.4. The molecule has 5 heteroatoms. The summed E-state index contributed by atoms with van der Waals surface area (Å²) in [6, 6.07) is 13.9. The number of aryl methyl sites for hydroxylation is 1. The lowest BCUT2D eigenvalue weighted by atomic mass is 9.74. The number of hydrogen-bond acceptors (Lipinski definition) is 3. The molecule has 0 bridgehead atoms. The van der Waals surface area contributed by atoms with E-state index in [0.29, 0.717) is 11.6 Å². The van der Waals surface area contributed by atoms with Crippen LogP contribution in [0.25, 0.3) is 0 Å². The zero-order valence-electron chi connectivity index (χ0n) is 18.7. The SMILES string of the molecule is CC(C)=CCN1CCC2(CC1)CN(C(=O)OCc1ccccc1Cl)c1ccc(C)cc12. The molecule has 2 aromatic carbocycles. The Labute approximate surface area is 190 Å². The summed E-state index contributed by atoms with van der Waals surface area (Å²) in [4.78, 5) is 17.4. The van der Waals surface area contributed by atoms with Gasteiger partial charge in [-0.05, 0) is 64.4 Å². The molecular weight excluding hydrogens is 408 g/mol. The maximum atomic E-state index is 13.1. The van der Waals surface area contributed by atoms with Crippen molar-refractivity contribution in [3.05, 3.63) is 75.8 Å². The average molecular weight is 439 g/mol. The first kappa shape index (κ1) is 21.9. The van der Waals surface area contributed by atoms with Gasteiger partial charge < -0.3 is 4.74 Å². The summed E-state index contributed by atoms with van der Waals surface area (Å²) in [5.41, 5.74) is 5.71. The molecule has 164 valence electrons. The van der Waals surface area contributed by atoms with E-state index in [-0.39, 0.29) is 18.1 Å². The summed E-state index contributed by atoms with van der Waals surface area (Å²) >= 11 is 6.23. The van der Waals surface area contributed by atoms with Gasteiger partial charge in [-0.15, -0.1) is 0 Å². The van der Waals surface area contributed by atoms with Crippen LogP contribution in [0.1, 0.15) is 43.4 Å². The Morgan fingerprint density at radius 3 is 2.61 bits per heavy atom. The van der Waals surface area contributed by atoms with Crippen LogP contribution in [-0.2, 0) is 16.8 Å². The lowest BCUT2D eigenvalue weighted by Gasteiger charge is -2.39. The third-order valence-electron chi connectivity index (χ3n) is 6.58. The molecule has 0 atom stereocenters. The molecule has 2 heterocycles. The van der Waals surface area contributed by atoms with Crippen molar-refractivity contribution >= 4 is 23.4 Å². The van der Waals surface area contributed by atoms with Crippen LogP contribution < -0.4 is 4.90 Å². The molecule has 1 amide bonds. The van der Waals surface area contributed by atoms with Gasteiger partial charge in [-0.1, -0.05) is 59.1 Å². The number of amides is 1. The molecule has 2 aromatic rings. The second kappa shape index (κ2) is 9.05. The van der Waals surface area contributed by atoms with Crippen molar-refractivity contribution in [1.29, 1.82) is 0 Å². The van der Waals surface area contributed by atoms with Crippen molar-refractivity contribution in [3.63, 3.8) is 0 Å². The molecule has 4 rings (SSSR count). The average Bonchev–Trinajstić information content (AvgIpc) is 3.06. The smallest absolute Gasteiger partial charge is 0.414 e. The Bertz CT molecular complexity index is 989. The Morgan fingerprint density at radius 2 is 1.90 bits per heavy atom. The molecule has 2 aliphatic heterocycles. The quantitative estimate of drug-likeness (QED) is 0.540. The summed E-state index contributed by atoms with van der Waals surface area (Å²) < 4.78 is 5.68. The van der Waals surface area contributed by atoms with Crippen LogP contribution >= 0.6 is 11.6 Å². The molecule has 0 aliphatic carbocycles. The normalized spacial score (nSPS) is 17.5. The molecule has 0 unspecified atom stereocenters. The first-order valence-corrected chi connectivity index (χ1v) is 11.4. The van der Waals surface area contributed by atoms with E-state index in [1.807, 2.05) is 29.2 Å². The van der Waals surface area contributed by atoms with Gasteiger partial charge >= 0.3 is 6.09 Å². The predicted molar refractivity (Wildman–Crippen MR) is 127 cm³/mol. The second-order valence-corrected chi connectivity index (χ2v) is 9.52. The third kappa shape index (κ3) is 4.65. The van der Waals surface area contributed by atoms with Crippen LogP contribution in [0, 0.1) is 6.92 Å². The number of allylic oxidation sites excluding steroid dienone is 1. The van der Waals surface area contributed by atoms with E-state index >= 15 is 0 Å². The molecule has 0 radical (unpaired) electrons. The van der Waals surface area contributed by atoms with Gasteiger partial charge in [0, 0.05) is 29.1 Å². The van der Waals surface area contributed by atoms with Crippen LogP contribution in [0.4, 0.5) is 10.5 Å². The Hall–Kier alpha value is -2.30. The number of likely N-dealkylation sites (tertiary alicyclic amines) is 1. The summed E-state index contributed by atoms with van der Waals surface area (Å²) in [5, 5.41) is 0.618. The van der Waals surface area contributed by atoms with Gasteiger partial charge in [0.15, 0.2) is 0 Å². The number of carbonyl (C=O) groups excluding carboxylic acids is 1. The largest absolute Gasteiger partial charge is 0.444 e. The summed E-state index contributed by atoms with van der Waals surface area (Å²) in [7, 11) is 0. The van der Waals surface area contributed by atoms with E-state index in [1.54, 1.807) is 0 Å². The number of benzene rings is 2. The molecule has 1 spiro atoms. The van der Waals surface area contributed by atoms with Gasteiger partial charge in [0.25, 0.3) is 0 Å². The van der Waals surface area contributed by atoms with Gasteiger partial charge in [0.05, 0.1) is 5.69 Å². The van der Waals surface area contributed by atoms with Crippen LogP contribution in [0.3, 0.4) is 0 Å². The fourth-order valence-electron chi connectivity index (χ4n) is 4.68. The van der Waals surface area contributed by atoms with Crippen LogP contribution in [0.15, 0.2) is 54.1 Å². The summed E-state index contributed by atoms with van der Waals surface area (Å²) in [6.07, 6.45) is 4.10. The monoisotopic (exact) mass is 438 g/mol. The van der Waals surface area contributed by atoms with Gasteiger partial charge in [-0.25, -0.2) is 4.79 Å². The number of ether oxygens (including phenoxy) is 1. The minimum absolute atomic E-state index is 0.00619. The predicted octanol–water partition coefficient (Wildman–Crippen LogP) is 6.11. The summed E-state index contributed by atoms with van der Waals surface area (Å²) in [6.45, 7) is 10.4. The molecule has 4 nitrogen and oxygen atoms in total. The van der Waals surface area contributed by atoms with Crippen LogP contribution in [0.5, 0.6) is 0 Å². The third-order valence-corrected chi connectivity index (χ3v) is 6.94. The van der Waals surface area contributed by atoms with Crippen molar-refractivity contribution in [1.82, 2.24) is 4.90 Å². The molecule has 0 saturated carbocycles. The lowest BCUT2D eigenvalue weighted by molar-refractivity contribution is 0.142. The number of carbonyl (C=O) groups is 1. The highest BCUT2D eigenvalue weighted by molar-refractivity contribution is 6.31. The molecule has 0 N–H and O–H groups in total. The molecule has 2 aliphatic rings. The minimum atomic E-state index is -0.297. The number of nitrogens with zero attached hydrogens (tertiary/aromatic N) is 2. The Balaban J connectivity index is 1.51. The van der Waals surface area contributed by atoms with E-state index in [2.05, 4.69) is 49.9 Å². The Morgan fingerprint density at radius 1 is 1.16 bits per heavy atom. The molecule has 31 heavy (non-hydrogen) atoms.